The van der Waals surface area contributed by atoms with Gasteiger partial charge in [0, 0.05) is 6.42 Å². The number of rotatable bonds is 11. The third-order valence-electron chi connectivity index (χ3n) is 2.95. The highest BCUT2D eigenvalue weighted by Crippen LogP contribution is 2.10. The second-order valence-electron chi connectivity index (χ2n) is 4.89. The zero-order chi connectivity index (χ0) is 15.4. The summed E-state index contributed by atoms with van der Waals surface area (Å²) in [7, 11) is 0. The van der Waals surface area contributed by atoms with Gasteiger partial charge in [0.25, 0.3) is 0 Å². The van der Waals surface area contributed by atoms with Crippen LogP contribution in [0.15, 0.2) is 0 Å². The quantitative estimate of drug-likeness (QED) is 0.297. The molecule has 6 heteroatoms. The Balaban J connectivity index is 3.51. The van der Waals surface area contributed by atoms with Crippen molar-refractivity contribution in [2.75, 3.05) is 6.61 Å². The molecule has 0 aliphatic carbocycles. The van der Waals surface area contributed by atoms with Gasteiger partial charge in [-0.3, -0.25) is 4.79 Å². The Morgan fingerprint density at radius 3 is 2.30 bits per heavy atom. The number of aliphatic hydroxyl groups excluding tert-OH is 3. The van der Waals surface area contributed by atoms with Crippen molar-refractivity contribution in [2.24, 2.45) is 0 Å². The number of carbonyl (C=O) groups is 2. The van der Waals surface area contributed by atoms with Gasteiger partial charge in [0.1, 0.15) is 0 Å². The van der Waals surface area contributed by atoms with Gasteiger partial charge >= 0.3 is 11.9 Å². The predicted octanol–water partition coefficient (Wildman–Crippen LogP) is 0.911. The van der Waals surface area contributed by atoms with Crippen LogP contribution in [0.1, 0.15) is 58.3 Å². The van der Waals surface area contributed by atoms with Crippen molar-refractivity contribution in [3.05, 3.63) is 0 Å². The summed E-state index contributed by atoms with van der Waals surface area (Å²) in [4.78, 5) is 22.2. The fourth-order valence-corrected chi connectivity index (χ4v) is 1.79. The first-order chi connectivity index (χ1) is 9.51. The van der Waals surface area contributed by atoms with Crippen molar-refractivity contribution in [3.8, 4) is 0 Å². The van der Waals surface area contributed by atoms with Crippen molar-refractivity contribution < 1.29 is 29.6 Å². The second-order valence-corrected chi connectivity index (χ2v) is 4.89. The molecule has 3 N–H and O–H groups in total. The highest BCUT2D eigenvalue weighted by Gasteiger charge is 2.18. The summed E-state index contributed by atoms with van der Waals surface area (Å²) < 4.78 is 4.35. The van der Waals surface area contributed by atoms with Crippen molar-refractivity contribution in [1.82, 2.24) is 0 Å². The summed E-state index contributed by atoms with van der Waals surface area (Å²) in [6.45, 7) is 1.27. The van der Waals surface area contributed by atoms with Gasteiger partial charge in [-0.2, -0.15) is 0 Å². The van der Waals surface area contributed by atoms with Crippen LogP contribution >= 0.6 is 0 Å². The van der Waals surface area contributed by atoms with Crippen LogP contribution in [0.3, 0.4) is 0 Å². The maximum atomic E-state index is 11.2. The Hall–Kier alpha value is -0.980. The van der Waals surface area contributed by atoms with Crippen LogP contribution < -0.4 is 0 Å². The molecule has 0 radical (unpaired) electrons. The Morgan fingerprint density at radius 2 is 1.70 bits per heavy atom. The lowest BCUT2D eigenvalue weighted by molar-refractivity contribution is -0.167. The van der Waals surface area contributed by atoms with Crippen molar-refractivity contribution >= 4 is 11.9 Å². The van der Waals surface area contributed by atoms with E-state index in [0.717, 1.165) is 38.5 Å². The van der Waals surface area contributed by atoms with Gasteiger partial charge in [-0.1, -0.05) is 32.6 Å². The zero-order valence-corrected chi connectivity index (χ0v) is 12.1. The molecule has 2 unspecified atom stereocenters. The summed E-state index contributed by atoms with van der Waals surface area (Å²) in [5.41, 5.74) is 0. The van der Waals surface area contributed by atoms with Crippen molar-refractivity contribution in [3.63, 3.8) is 0 Å². The average molecular weight is 290 g/mol. The van der Waals surface area contributed by atoms with Gasteiger partial charge in [-0.15, -0.1) is 0 Å². The van der Waals surface area contributed by atoms with Crippen LogP contribution in [-0.4, -0.2) is 46.1 Å². The second kappa shape index (κ2) is 11.8. The first kappa shape index (κ1) is 19.0. The Kier molecular flexibility index (Phi) is 11.2. The zero-order valence-electron chi connectivity index (χ0n) is 12.1. The maximum absolute atomic E-state index is 11.2. The van der Waals surface area contributed by atoms with E-state index >= 15 is 0 Å². The van der Waals surface area contributed by atoms with Gasteiger partial charge in [0.2, 0.25) is 0 Å². The van der Waals surface area contributed by atoms with Crippen LogP contribution in [0.4, 0.5) is 0 Å². The molecule has 20 heavy (non-hydrogen) atoms. The molecule has 0 aromatic carbocycles. The molecule has 118 valence electrons. The molecule has 0 aliphatic heterocycles. The van der Waals surface area contributed by atoms with Crippen LogP contribution in [-0.2, 0) is 14.3 Å². The molecule has 0 aliphatic rings. The first-order valence-corrected chi connectivity index (χ1v) is 7.22. The Bertz CT molecular complexity index is 279. The van der Waals surface area contributed by atoms with E-state index < -0.39 is 24.6 Å². The summed E-state index contributed by atoms with van der Waals surface area (Å²) >= 11 is 0. The summed E-state index contributed by atoms with van der Waals surface area (Å²) in [5.74, 6) is -1.80. The van der Waals surface area contributed by atoms with E-state index in [2.05, 4.69) is 4.74 Å². The molecular weight excluding hydrogens is 264 g/mol. The molecule has 0 spiro atoms. The van der Waals surface area contributed by atoms with E-state index in [-0.39, 0.29) is 12.5 Å². The fraction of sp³-hybridized carbons (Fsp3) is 0.857. The van der Waals surface area contributed by atoms with Crippen LogP contribution in [0.2, 0.25) is 0 Å². The van der Waals surface area contributed by atoms with Gasteiger partial charge in [-0.25, -0.2) is 4.79 Å². The molecule has 0 saturated carbocycles. The number of hydrogen-bond donors (Lipinski definition) is 3. The topological polar surface area (TPSA) is 104 Å². The summed E-state index contributed by atoms with van der Waals surface area (Å²) in [5, 5.41) is 26.9. The monoisotopic (exact) mass is 290 g/mol. The maximum Gasteiger partial charge on any atom is 0.345 e. The Labute approximate surface area is 119 Å². The number of unbranched alkanes of at least 4 members (excludes halogenated alkanes) is 3. The third kappa shape index (κ3) is 9.89. The first-order valence-electron chi connectivity index (χ1n) is 7.22. The third-order valence-corrected chi connectivity index (χ3v) is 2.95. The number of ether oxygens (including phenoxy) is 1. The SMILES string of the molecule is CCCC(O)CCCCCCC(=O)OC(=O)C(O)CO. The lowest BCUT2D eigenvalue weighted by atomic mass is 10.1. The van der Waals surface area contributed by atoms with Crippen molar-refractivity contribution in [1.29, 1.82) is 0 Å². The molecular formula is C14H26O6. The number of carbonyl (C=O) groups excluding carboxylic acids is 2. The lowest BCUT2D eigenvalue weighted by Gasteiger charge is -2.08. The summed E-state index contributed by atoms with van der Waals surface area (Å²) in [6, 6.07) is 0. The average Bonchev–Trinajstić information content (AvgIpc) is 2.41. The van der Waals surface area contributed by atoms with E-state index in [1.165, 1.54) is 0 Å². The van der Waals surface area contributed by atoms with E-state index in [1.54, 1.807) is 0 Å². The molecule has 0 amide bonds. The number of hydrogen-bond acceptors (Lipinski definition) is 6. The largest absolute Gasteiger partial charge is 0.393 e. The minimum Gasteiger partial charge on any atom is -0.393 e. The fourth-order valence-electron chi connectivity index (χ4n) is 1.79. The molecule has 0 rings (SSSR count). The van der Waals surface area contributed by atoms with Gasteiger partial charge in [0.15, 0.2) is 6.10 Å². The molecule has 0 aromatic heterocycles. The smallest absolute Gasteiger partial charge is 0.345 e. The van der Waals surface area contributed by atoms with E-state index in [0.29, 0.717) is 6.42 Å². The lowest BCUT2D eigenvalue weighted by Crippen LogP contribution is -2.28. The number of aliphatic hydroxyl groups is 3. The molecule has 0 saturated heterocycles. The normalized spacial score (nSPS) is 13.8. The molecule has 0 heterocycles. The molecule has 6 nitrogen and oxygen atoms in total. The van der Waals surface area contributed by atoms with E-state index in [4.69, 9.17) is 10.2 Å². The molecule has 0 aromatic rings. The standard InChI is InChI=1S/C14H26O6/c1-2-7-11(16)8-5-3-4-6-9-13(18)20-14(19)12(17)10-15/h11-12,15-17H,2-10H2,1H3. The van der Waals surface area contributed by atoms with Crippen molar-refractivity contribution in [2.45, 2.75) is 70.5 Å². The molecule has 0 fully saturated rings. The van der Waals surface area contributed by atoms with Gasteiger partial charge in [0.05, 0.1) is 12.7 Å². The predicted molar refractivity (Wildman–Crippen MR) is 72.8 cm³/mol. The molecule has 0 bridgehead atoms. The number of esters is 2. The van der Waals surface area contributed by atoms with E-state index in [9.17, 15) is 14.7 Å². The molecule has 2 atom stereocenters. The highest BCUT2D eigenvalue weighted by atomic mass is 16.6. The Morgan fingerprint density at radius 1 is 1.05 bits per heavy atom. The van der Waals surface area contributed by atoms with Crippen LogP contribution in [0.25, 0.3) is 0 Å². The van der Waals surface area contributed by atoms with E-state index in [1.807, 2.05) is 6.92 Å². The highest BCUT2D eigenvalue weighted by molar-refractivity contribution is 5.87. The van der Waals surface area contributed by atoms with Crippen LogP contribution in [0.5, 0.6) is 0 Å². The summed E-state index contributed by atoms with van der Waals surface area (Å²) in [6.07, 6.45) is 4.06. The minimum atomic E-state index is -1.65. The van der Waals surface area contributed by atoms with Gasteiger partial charge < -0.3 is 20.1 Å². The van der Waals surface area contributed by atoms with Crippen LogP contribution in [0, 0.1) is 0 Å². The minimum absolute atomic E-state index is 0.113. The van der Waals surface area contributed by atoms with Gasteiger partial charge in [-0.05, 0) is 19.3 Å².